The van der Waals surface area contributed by atoms with E-state index in [2.05, 4.69) is 10.6 Å². The Hall–Kier alpha value is -0.770. The summed E-state index contributed by atoms with van der Waals surface area (Å²) >= 11 is 11.9. The lowest BCUT2D eigenvalue weighted by molar-refractivity contribution is -0.126. The van der Waals surface area contributed by atoms with Crippen LogP contribution >= 0.6 is 23.2 Å². The highest BCUT2D eigenvalue weighted by atomic mass is 35.5. The molecule has 5 heteroatoms. The van der Waals surface area contributed by atoms with Crippen molar-refractivity contribution in [3.63, 3.8) is 0 Å². The minimum absolute atomic E-state index is 0.0575. The van der Waals surface area contributed by atoms with Crippen LogP contribution in [0.1, 0.15) is 25.8 Å². The molecule has 1 heterocycles. The summed E-state index contributed by atoms with van der Waals surface area (Å²) < 4.78 is 0. The molecule has 3 nitrogen and oxygen atoms in total. The van der Waals surface area contributed by atoms with E-state index >= 15 is 0 Å². The van der Waals surface area contributed by atoms with Gasteiger partial charge in [-0.3, -0.25) is 4.79 Å². The van der Waals surface area contributed by atoms with Crippen LogP contribution in [0, 0.1) is 5.92 Å². The van der Waals surface area contributed by atoms with Crippen LogP contribution < -0.4 is 10.6 Å². The lowest BCUT2D eigenvalue weighted by Crippen LogP contribution is -2.44. The number of amides is 1. The first-order valence-electron chi connectivity index (χ1n) is 6.38. The van der Waals surface area contributed by atoms with Crippen LogP contribution in [0.25, 0.3) is 0 Å². The highest BCUT2D eigenvalue weighted by Gasteiger charge is 2.29. The third-order valence-electron chi connectivity index (χ3n) is 3.51. The smallest absolute Gasteiger partial charge is 0.225 e. The second-order valence-electron chi connectivity index (χ2n) is 5.43. The van der Waals surface area contributed by atoms with Crippen LogP contribution in [0.5, 0.6) is 0 Å². The lowest BCUT2D eigenvalue weighted by atomic mass is 9.93. The summed E-state index contributed by atoms with van der Waals surface area (Å²) in [5, 5.41) is 7.30. The predicted octanol–water partition coefficient (Wildman–Crippen LogP) is 2.95. The molecule has 0 spiro atoms. The van der Waals surface area contributed by atoms with Gasteiger partial charge in [-0.15, -0.1) is 0 Å². The summed E-state index contributed by atoms with van der Waals surface area (Å²) in [5.41, 5.74) is 0.481. The Labute approximate surface area is 123 Å². The van der Waals surface area contributed by atoms with E-state index in [0.717, 1.165) is 25.1 Å². The molecule has 0 saturated carbocycles. The van der Waals surface area contributed by atoms with E-state index in [1.807, 2.05) is 19.9 Å². The molecule has 1 fully saturated rings. The average Bonchev–Trinajstić information content (AvgIpc) is 2.85. The van der Waals surface area contributed by atoms with Crippen molar-refractivity contribution >= 4 is 29.1 Å². The third-order valence-corrected chi connectivity index (χ3v) is 4.25. The molecule has 1 aromatic carbocycles. The highest BCUT2D eigenvalue weighted by molar-refractivity contribution is 6.42. The van der Waals surface area contributed by atoms with Crippen molar-refractivity contribution in [1.82, 2.24) is 10.6 Å². The summed E-state index contributed by atoms with van der Waals surface area (Å²) in [6.07, 6.45) is 0.892. The van der Waals surface area contributed by atoms with Gasteiger partial charge < -0.3 is 10.6 Å². The van der Waals surface area contributed by atoms with Crippen LogP contribution in [0.15, 0.2) is 18.2 Å². The third kappa shape index (κ3) is 3.41. The van der Waals surface area contributed by atoms with Crippen molar-refractivity contribution in [2.24, 2.45) is 5.92 Å². The van der Waals surface area contributed by atoms with Gasteiger partial charge in [0.1, 0.15) is 0 Å². The van der Waals surface area contributed by atoms with Gasteiger partial charge in [0.05, 0.1) is 21.5 Å². The van der Waals surface area contributed by atoms with Gasteiger partial charge >= 0.3 is 0 Å². The first-order chi connectivity index (χ1) is 8.90. The van der Waals surface area contributed by atoms with Crippen LogP contribution in [0.4, 0.5) is 0 Å². The maximum Gasteiger partial charge on any atom is 0.225 e. The number of nitrogens with one attached hydrogen (secondary N) is 2. The second-order valence-corrected chi connectivity index (χ2v) is 6.25. The van der Waals surface area contributed by atoms with Crippen molar-refractivity contribution in [3.8, 4) is 0 Å². The fourth-order valence-electron chi connectivity index (χ4n) is 2.25. The number of hydrogen-bond acceptors (Lipinski definition) is 2. The zero-order chi connectivity index (χ0) is 14.0. The summed E-state index contributed by atoms with van der Waals surface area (Å²) in [5.74, 6) is 0.142. The Morgan fingerprint density at radius 2 is 2.11 bits per heavy atom. The largest absolute Gasteiger partial charge is 0.347 e. The van der Waals surface area contributed by atoms with Crippen molar-refractivity contribution in [1.29, 1.82) is 0 Å². The van der Waals surface area contributed by atoms with Gasteiger partial charge in [-0.2, -0.15) is 0 Å². The quantitative estimate of drug-likeness (QED) is 0.901. The molecule has 0 bridgehead atoms. The molecule has 19 heavy (non-hydrogen) atoms. The molecule has 1 unspecified atom stereocenters. The molecular formula is C14H18Cl2N2O. The van der Waals surface area contributed by atoms with Crippen molar-refractivity contribution in [2.45, 2.75) is 25.8 Å². The summed E-state index contributed by atoms with van der Waals surface area (Å²) in [4.78, 5) is 12.2. The predicted molar refractivity (Wildman–Crippen MR) is 78.6 cm³/mol. The second kappa shape index (κ2) is 5.70. The Morgan fingerprint density at radius 1 is 1.37 bits per heavy atom. The Morgan fingerprint density at radius 3 is 2.68 bits per heavy atom. The van der Waals surface area contributed by atoms with Crippen LogP contribution in [-0.2, 0) is 10.3 Å². The fourth-order valence-corrected chi connectivity index (χ4v) is 2.54. The zero-order valence-corrected chi connectivity index (χ0v) is 12.6. The molecule has 1 aliphatic heterocycles. The molecule has 1 saturated heterocycles. The summed E-state index contributed by atoms with van der Waals surface area (Å²) in [6.45, 7) is 5.59. The van der Waals surface area contributed by atoms with Gasteiger partial charge in [0, 0.05) is 6.54 Å². The number of hydrogen-bond donors (Lipinski definition) is 2. The topological polar surface area (TPSA) is 41.1 Å². The fraction of sp³-hybridized carbons (Fsp3) is 0.500. The summed E-state index contributed by atoms with van der Waals surface area (Å²) in [6, 6.07) is 5.45. The number of carbonyl (C=O) groups is 1. The number of rotatable bonds is 3. The molecule has 1 atom stereocenters. The molecule has 1 aromatic rings. The van der Waals surface area contributed by atoms with Crippen LogP contribution in [-0.4, -0.2) is 19.0 Å². The van der Waals surface area contributed by atoms with E-state index < -0.39 is 5.54 Å². The molecular weight excluding hydrogens is 283 g/mol. The minimum Gasteiger partial charge on any atom is -0.347 e. The number of benzene rings is 1. The number of halogens is 2. The minimum atomic E-state index is -0.464. The van der Waals surface area contributed by atoms with Gasteiger partial charge in [0.15, 0.2) is 0 Å². The number of carbonyl (C=O) groups excluding carboxylic acids is 1. The maximum atomic E-state index is 12.2. The molecule has 0 aromatic heterocycles. The van der Waals surface area contributed by atoms with E-state index in [9.17, 15) is 4.79 Å². The van der Waals surface area contributed by atoms with Crippen LogP contribution in [0.2, 0.25) is 10.0 Å². The zero-order valence-electron chi connectivity index (χ0n) is 11.1. The lowest BCUT2D eigenvalue weighted by Gasteiger charge is -2.28. The highest BCUT2D eigenvalue weighted by Crippen LogP contribution is 2.28. The standard InChI is InChI=1S/C14H18Cl2N2O/c1-14(2,10-3-4-11(15)12(16)7-10)18-13(19)9-5-6-17-8-9/h3-4,7,9,17H,5-6,8H2,1-2H3,(H,18,19). The first-order valence-corrected chi connectivity index (χ1v) is 7.14. The first kappa shape index (κ1) is 14.6. The average molecular weight is 301 g/mol. The van der Waals surface area contributed by atoms with E-state index in [-0.39, 0.29) is 11.8 Å². The normalized spacial score (nSPS) is 19.5. The van der Waals surface area contributed by atoms with E-state index in [1.54, 1.807) is 12.1 Å². The SMILES string of the molecule is CC(C)(NC(=O)C1CCNC1)c1ccc(Cl)c(Cl)c1. The monoisotopic (exact) mass is 300 g/mol. The van der Waals surface area contributed by atoms with E-state index in [1.165, 1.54) is 0 Å². The van der Waals surface area contributed by atoms with Crippen molar-refractivity contribution in [2.75, 3.05) is 13.1 Å². The summed E-state index contributed by atoms with van der Waals surface area (Å²) in [7, 11) is 0. The molecule has 0 aliphatic carbocycles. The van der Waals surface area contributed by atoms with Gasteiger partial charge in [0.25, 0.3) is 0 Å². The Kier molecular flexibility index (Phi) is 4.39. The van der Waals surface area contributed by atoms with Crippen LogP contribution in [0.3, 0.4) is 0 Å². The molecule has 1 amide bonds. The van der Waals surface area contributed by atoms with Gasteiger partial charge in [-0.05, 0) is 44.5 Å². The van der Waals surface area contributed by atoms with E-state index in [0.29, 0.717) is 10.0 Å². The molecule has 1 aliphatic rings. The van der Waals surface area contributed by atoms with Gasteiger partial charge in [-0.25, -0.2) is 0 Å². The molecule has 0 radical (unpaired) electrons. The Balaban J connectivity index is 2.12. The Bertz CT molecular complexity index is 482. The molecule has 104 valence electrons. The molecule has 2 N–H and O–H groups in total. The van der Waals surface area contributed by atoms with E-state index in [4.69, 9.17) is 23.2 Å². The van der Waals surface area contributed by atoms with Gasteiger partial charge in [-0.1, -0.05) is 29.3 Å². The maximum absolute atomic E-state index is 12.2. The van der Waals surface area contributed by atoms with Gasteiger partial charge in [0.2, 0.25) is 5.91 Å². The molecule has 2 rings (SSSR count). The van der Waals surface area contributed by atoms with Crippen molar-refractivity contribution < 1.29 is 4.79 Å². The van der Waals surface area contributed by atoms with Crippen molar-refractivity contribution in [3.05, 3.63) is 33.8 Å².